The fourth-order valence-electron chi connectivity index (χ4n) is 1.50. The lowest BCUT2D eigenvalue weighted by Gasteiger charge is -2.06. The molecule has 92 valence electrons. The van der Waals surface area contributed by atoms with Crippen molar-refractivity contribution in [2.45, 2.75) is 51.2 Å². The van der Waals surface area contributed by atoms with Crippen LogP contribution in [0.5, 0.6) is 0 Å². The van der Waals surface area contributed by atoms with Crippen molar-refractivity contribution in [3.8, 4) is 0 Å². The summed E-state index contributed by atoms with van der Waals surface area (Å²) in [5, 5.41) is 12.5. The molecular formula is C9H18N4O2S. The van der Waals surface area contributed by atoms with Gasteiger partial charge in [0.1, 0.15) is 5.82 Å². The van der Waals surface area contributed by atoms with E-state index in [1.165, 1.54) is 0 Å². The summed E-state index contributed by atoms with van der Waals surface area (Å²) in [5.74, 6) is 0.702. The average molecular weight is 246 g/mol. The molecule has 0 aromatic carbocycles. The van der Waals surface area contributed by atoms with Gasteiger partial charge in [0, 0.05) is 13.0 Å². The van der Waals surface area contributed by atoms with E-state index in [-0.39, 0.29) is 5.16 Å². The molecule has 0 bridgehead atoms. The molecule has 1 aromatic heterocycles. The van der Waals surface area contributed by atoms with E-state index < -0.39 is 10.0 Å². The quantitative estimate of drug-likeness (QED) is 0.799. The van der Waals surface area contributed by atoms with E-state index in [2.05, 4.69) is 17.1 Å². The summed E-state index contributed by atoms with van der Waals surface area (Å²) in [7, 11) is -3.77. The van der Waals surface area contributed by atoms with Gasteiger partial charge in [0.2, 0.25) is 0 Å². The van der Waals surface area contributed by atoms with Crippen molar-refractivity contribution in [1.82, 2.24) is 14.8 Å². The summed E-state index contributed by atoms with van der Waals surface area (Å²) < 4.78 is 24.1. The van der Waals surface area contributed by atoms with Gasteiger partial charge in [0.15, 0.2) is 0 Å². The van der Waals surface area contributed by atoms with Crippen LogP contribution >= 0.6 is 0 Å². The Bertz CT molecular complexity index is 438. The normalized spacial score (nSPS) is 11.9. The number of hydrogen-bond acceptors (Lipinski definition) is 4. The van der Waals surface area contributed by atoms with Crippen LogP contribution in [0.25, 0.3) is 0 Å². The molecule has 0 spiro atoms. The Kier molecular flexibility index (Phi) is 4.43. The van der Waals surface area contributed by atoms with Crippen LogP contribution in [0.1, 0.15) is 38.9 Å². The fraction of sp³-hybridized carbons (Fsp3) is 0.778. The number of rotatable bonds is 6. The second-order valence-electron chi connectivity index (χ2n) is 3.70. The molecule has 1 aromatic rings. The smallest absolute Gasteiger partial charge is 0.273 e. The summed E-state index contributed by atoms with van der Waals surface area (Å²) in [6.07, 6.45) is 3.55. The maximum absolute atomic E-state index is 11.3. The summed E-state index contributed by atoms with van der Waals surface area (Å²) in [5.41, 5.74) is 0. The highest BCUT2D eigenvalue weighted by Crippen LogP contribution is 2.10. The molecule has 16 heavy (non-hydrogen) atoms. The molecule has 7 heteroatoms. The van der Waals surface area contributed by atoms with Crippen molar-refractivity contribution in [2.24, 2.45) is 5.14 Å². The molecule has 0 aliphatic carbocycles. The number of unbranched alkanes of at least 4 members (excludes halogenated alkanes) is 1. The van der Waals surface area contributed by atoms with Gasteiger partial charge in [-0.1, -0.05) is 20.3 Å². The van der Waals surface area contributed by atoms with E-state index >= 15 is 0 Å². The Labute approximate surface area is 95.9 Å². The van der Waals surface area contributed by atoms with Crippen LogP contribution in [0.15, 0.2) is 5.16 Å². The van der Waals surface area contributed by atoms with E-state index in [9.17, 15) is 8.42 Å². The Hall–Kier alpha value is -0.950. The first-order chi connectivity index (χ1) is 7.50. The fourth-order valence-corrected chi connectivity index (χ4v) is 2.16. The monoisotopic (exact) mass is 246 g/mol. The van der Waals surface area contributed by atoms with E-state index in [0.717, 1.165) is 25.7 Å². The number of aryl methyl sites for hydroxylation is 1. The number of nitrogens with zero attached hydrogens (tertiary/aromatic N) is 3. The molecule has 2 N–H and O–H groups in total. The van der Waals surface area contributed by atoms with Gasteiger partial charge in [-0.25, -0.2) is 13.6 Å². The highest BCUT2D eigenvalue weighted by atomic mass is 32.2. The summed E-state index contributed by atoms with van der Waals surface area (Å²) >= 11 is 0. The number of sulfonamides is 1. The first kappa shape index (κ1) is 13.1. The Morgan fingerprint density at radius 3 is 2.44 bits per heavy atom. The van der Waals surface area contributed by atoms with Crippen molar-refractivity contribution in [3.05, 3.63) is 5.82 Å². The van der Waals surface area contributed by atoms with Crippen molar-refractivity contribution in [1.29, 1.82) is 0 Å². The zero-order valence-corrected chi connectivity index (χ0v) is 10.5. The Morgan fingerprint density at radius 1 is 1.25 bits per heavy atom. The van der Waals surface area contributed by atoms with Gasteiger partial charge in [-0.15, -0.1) is 10.2 Å². The molecule has 6 nitrogen and oxygen atoms in total. The van der Waals surface area contributed by atoms with Crippen LogP contribution in [0.2, 0.25) is 0 Å². The molecule has 1 heterocycles. The van der Waals surface area contributed by atoms with Crippen LogP contribution in [-0.4, -0.2) is 23.2 Å². The van der Waals surface area contributed by atoms with Crippen LogP contribution in [0.3, 0.4) is 0 Å². The Balaban J connectivity index is 3.07. The zero-order chi connectivity index (χ0) is 12.2. The molecule has 0 aliphatic heterocycles. The van der Waals surface area contributed by atoms with E-state index in [0.29, 0.717) is 12.4 Å². The minimum Gasteiger partial charge on any atom is -0.301 e. The predicted molar refractivity (Wildman–Crippen MR) is 60.3 cm³/mol. The lowest BCUT2D eigenvalue weighted by molar-refractivity contribution is 0.544. The molecule has 0 aliphatic rings. The van der Waals surface area contributed by atoms with Crippen molar-refractivity contribution < 1.29 is 8.42 Å². The summed E-state index contributed by atoms with van der Waals surface area (Å²) in [6, 6.07) is 0. The summed E-state index contributed by atoms with van der Waals surface area (Å²) in [4.78, 5) is 0. The van der Waals surface area contributed by atoms with Crippen LogP contribution in [0.4, 0.5) is 0 Å². The average Bonchev–Trinajstić information content (AvgIpc) is 2.58. The molecular weight excluding hydrogens is 228 g/mol. The molecule has 0 saturated carbocycles. The molecule has 0 saturated heterocycles. The van der Waals surface area contributed by atoms with Gasteiger partial charge in [-0.2, -0.15) is 0 Å². The van der Waals surface area contributed by atoms with Crippen molar-refractivity contribution in [2.75, 3.05) is 0 Å². The molecule has 0 atom stereocenters. The van der Waals surface area contributed by atoms with Gasteiger partial charge >= 0.3 is 0 Å². The molecule has 0 amide bonds. The first-order valence-corrected chi connectivity index (χ1v) is 7.00. The SMILES string of the molecule is CCCCc1nnc(S(N)(=O)=O)n1CCC. The maximum atomic E-state index is 11.3. The van der Waals surface area contributed by atoms with E-state index in [1.54, 1.807) is 4.57 Å². The van der Waals surface area contributed by atoms with Gasteiger partial charge in [0.05, 0.1) is 0 Å². The number of hydrogen-bond donors (Lipinski definition) is 1. The van der Waals surface area contributed by atoms with Gasteiger partial charge in [-0.3, -0.25) is 0 Å². The topological polar surface area (TPSA) is 90.9 Å². The first-order valence-electron chi connectivity index (χ1n) is 5.45. The van der Waals surface area contributed by atoms with Crippen molar-refractivity contribution >= 4 is 10.0 Å². The maximum Gasteiger partial charge on any atom is 0.273 e. The predicted octanol–water partition coefficient (Wildman–Crippen LogP) is 0.678. The third-order valence-corrected chi connectivity index (χ3v) is 3.06. The van der Waals surface area contributed by atoms with Gasteiger partial charge in [-0.05, 0) is 12.8 Å². The van der Waals surface area contributed by atoms with Crippen LogP contribution in [-0.2, 0) is 23.0 Å². The largest absolute Gasteiger partial charge is 0.301 e. The van der Waals surface area contributed by atoms with E-state index in [4.69, 9.17) is 5.14 Å². The lowest BCUT2D eigenvalue weighted by Crippen LogP contribution is -2.19. The molecule has 1 rings (SSSR count). The molecule has 0 unspecified atom stereocenters. The van der Waals surface area contributed by atoms with E-state index in [1.807, 2.05) is 6.92 Å². The van der Waals surface area contributed by atoms with Gasteiger partial charge < -0.3 is 4.57 Å². The van der Waals surface area contributed by atoms with Gasteiger partial charge in [0.25, 0.3) is 15.2 Å². The lowest BCUT2D eigenvalue weighted by atomic mass is 10.2. The van der Waals surface area contributed by atoms with Crippen LogP contribution < -0.4 is 5.14 Å². The molecule has 0 fully saturated rings. The third-order valence-electron chi connectivity index (χ3n) is 2.25. The standard InChI is InChI=1S/C9H18N4O2S/c1-3-5-6-8-11-12-9(16(10,14)15)13(8)7-4-2/h3-7H2,1-2H3,(H2,10,14,15). The minimum absolute atomic E-state index is 0.125. The highest BCUT2D eigenvalue weighted by molar-refractivity contribution is 7.89. The number of aromatic nitrogens is 3. The van der Waals surface area contributed by atoms with Crippen LogP contribution in [0, 0.1) is 0 Å². The third kappa shape index (κ3) is 3.02. The highest BCUT2D eigenvalue weighted by Gasteiger charge is 2.19. The number of nitrogens with two attached hydrogens (primary N) is 1. The Morgan fingerprint density at radius 2 is 1.94 bits per heavy atom. The summed E-state index contributed by atoms with van der Waals surface area (Å²) in [6.45, 7) is 4.62. The number of primary sulfonamides is 1. The second-order valence-corrected chi connectivity index (χ2v) is 5.15. The zero-order valence-electron chi connectivity index (χ0n) is 9.68. The van der Waals surface area contributed by atoms with Crippen molar-refractivity contribution in [3.63, 3.8) is 0 Å². The second kappa shape index (κ2) is 5.40. The minimum atomic E-state index is -3.77. The molecule has 0 radical (unpaired) electrons.